The van der Waals surface area contributed by atoms with Gasteiger partial charge in [0.2, 0.25) is 0 Å². The molecule has 0 saturated heterocycles. The van der Waals surface area contributed by atoms with Crippen molar-refractivity contribution in [3.05, 3.63) is 278 Å². The predicted octanol–water partition coefficient (Wildman–Crippen LogP) is 18.8. The Bertz CT molecular complexity index is 3730. The van der Waals surface area contributed by atoms with E-state index >= 15 is 0 Å². The van der Waals surface area contributed by atoms with E-state index in [1.807, 2.05) is 0 Å². The molecule has 0 spiro atoms. The topological polar surface area (TPSA) is 16.3 Å². The highest BCUT2D eigenvalue weighted by Gasteiger charge is 2.22. The summed E-state index contributed by atoms with van der Waals surface area (Å²) in [6.07, 6.45) is 0. The fraction of sp³-hybridized carbons (Fsp3) is 0.0294. The molecule has 2 aromatic heterocycles. The molecule has 0 atom stereocenters. The molecule has 2 heterocycles. The van der Waals surface area contributed by atoms with Gasteiger partial charge < -0.3 is 18.9 Å². The average molecular weight is 923 g/mol. The lowest BCUT2D eigenvalue weighted by Crippen LogP contribution is -2.09. The number of anilines is 6. The van der Waals surface area contributed by atoms with Crippen molar-refractivity contribution in [2.75, 3.05) is 9.80 Å². The van der Waals surface area contributed by atoms with E-state index in [0.717, 1.165) is 56.6 Å². The van der Waals surface area contributed by atoms with Gasteiger partial charge in [0.05, 0.1) is 33.4 Å². The third-order valence-corrected chi connectivity index (χ3v) is 14.2. The molecule has 342 valence electrons. The molecule has 0 N–H and O–H groups in total. The normalized spacial score (nSPS) is 11.5. The van der Waals surface area contributed by atoms with Gasteiger partial charge >= 0.3 is 0 Å². The lowest BCUT2D eigenvalue weighted by molar-refractivity contribution is 1.17. The standard InChI is InChI=1S/C68H50N4/c1-47-31-41-65-59(43-47)61-45-68-62(46-67(61)71(65)63-29-17-15-27-57(63)49-33-37-55(38-34-49)69(51-19-7-3-8-20-51)52-21-9-4-10-22-52)60-44-48(2)32-42-66(60)72(68)64-30-18-16-28-58(64)50-35-39-56(40-36-50)70(53-23-11-5-12-24-53)54-25-13-6-14-26-54/h3-46H,1-2H3. The Kier molecular flexibility index (Phi) is 10.6. The molecular weight excluding hydrogens is 873 g/mol. The maximum atomic E-state index is 2.50. The van der Waals surface area contributed by atoms with E-state index in [9.17, 15) is 0 Å². The number of aromatic nitrogens is 2. The fourth-order valence-electron chi connectivity index (χ4n) is 10.9. The van der Waals surface area contributed by atoms with Crippen LogP contribution in [0, 0.1) is 13.8 Å². The van der Waals surface area contributed by atoms with Crippen LogP contribution in [-0.2, 0) is 0 Å². The number of para-hydroxylation sites is 6. The van der Waals surface area contributed by atoms with Gasteiger partial charge in [0, 0.05) is 66.8 Å². The molecule has 4 heteroatoms. The van der Waals surface area contributed by atoms with E-state index in [1.54, 1.807) is 0 Å². The van der Waals surface area contributed by atoms with Crippen LogP contribution >= 0.6 is 0 Å². The molecule has 72 heavy (non-hydrogen) atoms. The molecule has 0 radical (unpaired) electrons. The van der Waals surface area contributed by atoms with Crippen LogP contribution in [0.15, 0.2) is 267 Å². The van der Waals surface area contributed by atoms with Crippen molar-refractivity contribution in [2.24, 2.45) is 0 Å². The Morgan fingerprint density at radius 3 is 0.889 bits per heavy atom. The van der Waals surface area contributed by atoms with Gasteiger partial charge in [-0.05, 0) is 146 Å². The van der Waals surface area contributed by atoms with Crippen LogP contribution in [0.3, 0.4) is 0 Å². The minimum atomic E-state index is 1.10. The van der Waals surface area contributed by atoms with Crippen molar-refractivity contribution < 1.29 is 0 Å². The largest absolute Gasteiger partial charge is 0.311 e. The SMILES string of the molecule is Cc1ccc2c(c1)c1cc3c(cc1n2-c1ccccc1-c1ccc(N(c2ccccc2)c2ccccc2)cc1)c1cc(C)ccc1n3-c1ccccc1-c1ccc(N(c2ccccc2)c2ccccc2)cc1. The number of aryl methyl sites for hydroxylation is 2. The van der Waals surface area contributed by atoms with E-state index in [1.165, 1.54) is 65.9 Å². The quantitative estimate of drug-likeness (QED) is 0.136. The lowest BCUT2D eigenvalue weighted by atomic mass is 10.0. The van der Waals surface area contributed by atoms with Crippen molar-refractivity contribution in [3.63, 3.8) is 0 Å². The van der Waals surface area contributed by atoms with Crippen LogP contribution < -0.4 is 9.80 Å². The van der Waals surface area contributed by atoms with E-state index in [-0.39, 0.29) is 0 Å². The molecule has 0 aliphatic heterocycles. The van der Waals surface area contributed by atoms with E-state index in [4.69, 9.17) is 0 Å². The summed E-state index contributed by atoms with van der Waals surface area (Å²) in [6, 6.07) is 96.9. The first-order valence-corrected chi connectivity index (χ1v) is 24.8. The number of fused-ring (bicyclic) bond motifs is 6. The van der Waals surface area contributed by atoms with Crippen LogP contribution in [0.2, 0.25) is 0 Å². The summed E-state index contributed by atoms with van der Waals surface area (Å²) >= 11 is 0. The molecule has 0 fully saturated rings. The molecule has 0 bridgehead atoms. The molecule has 0 saturated carbocycles. The summed E-state index contributed by atoms with van der Waals surface area (Å²) in [5.41, 5.74) is 20.8. The van der Waals surface area contributed by atoms with Gasteiger partial charge in [-0.3, -0.25) is 0 Å². The fourth-order valence-corrected chi connectivity index (χ4v) is 10.9. The van der Waals surface area contributed by atoms with Gasteiger partial charge in [0.25, 0.3) is 0 Å². The van der Waals surface area contributed by atoms with Crippen LogP contribution in [0.5, 0.6) is 0 Å². The van der Waals surface area contributed by atoms with Gasteiger partial charge in [-0.2, -0.15) is 0 Å². The van der Waals surface area contributed by atoms with E-state index in [2.05, 4.69) is 300 Å². The molecule has 0 aliphatic rings. The van der Waals surface area contributed by atoms with E-state index in [0.29, 0.717) is 0 Å². The van der Waals surface area contributed by atoms with Crippen LogP contribution in [0.25, 0.3) is 77.2 Å². The Morgan fingerprint density at radius 2 is 0.542 bits per heavy atom. The molecule has 0 aliphatic carbocycles. The first-order chi connectivity index (χ1) is 35.6. The Hall–Kier alpha value is -9.38. The molecule has 13 rings (SSSR count). The van der Waals surface area contributed by atoms with Crippen molar-refractivity contribution >= 4 is 77.7 Å². The van der Waals surface area contributed by atoms with Crippen molar-refractivity contribution in [1.29, 1.82) is 0 Å². The highest BCUT2D eigenvalue weighted by atomic mass is 15.1. The second kappa shape index (κ2) is 17.9. The van der Waals surface area contributed by atoms with Gasteiger partial charge in [-0.1, -0.05) is 157 Å². The van der Waals surface area contributed by atoms with Crippen LogP contribution in [0.4, 0.5) is 34.1 Å². The summed E-state index contributed by atoms with van der Waals surface area (Å²) in [5.74, 6) is 0. The zero-order chi connectivity index (χ0) is 48.1. The second-order valence-electron chi connectivity index (χ2n) is 18.7. The molecule has 0 amide bonds. The third kappa shape index (κ3) is 7.40. The zero-order valence-electron chi connectivity index (χ0n) is 40.2. The molecule has 0 unspecified atom stereocenters. The Balaban J connectivity index is 0.965. The molecular formula is C68H50N4. The predicted molar refractivity (Wildman–Crippen MR) is 305 cm³/mol. The minimum absolute atomic E-state index is 1.10. The second-order valence-corrected chi connectivity index (χ2v) is 18.7. The summed E-state index contributed by atoms with van der Waals surface area (Å²) in [5, 5.41) is 4.91. The zero-order valence-corrected chi connectivity index (χ0v) is 40.2. The Morgan fingerprint density at radius 1 is 0.250 bits per heavy atom. The first kappa shape index (κ1) is 42.7. The van der Waals surface area contributed by atoms with Crippen molar-refractivity contribution in [2.45, 2.75) is 13.8 Å². The number of nitrogens with zero attached hydrogens (tertiary/aromatic N) is 4. The highest BCUT2D eigenvalue weighted by molar-refractivity contribution is 6.19. The van der Waals surface area contributed by atoms with E-state index < -0.39 is 0 Å². The maximum Gasteiger partial charge on any atom is 0.0549 e. The lowest BCUT2D eigenvalue weighted by Gasteiger charge is -2.25. The summed E-state index contributed by atoms with van der Waals surface area (Å²) < 4.78 is 4.99. The smallest absolute Gasteiger partial charge is 0.0549 e. The van der Waals surface area contributed by atoms with Gasteiger partial charge in [-0.25, -0.2) is 0 Å². The van der Waals surface area contributed by atoms with Crippen LogP contribution in [-0.4, -0.2) is 9.13 Å². The highest BCUT2D eigenvalue weighted by Crippen LogP contribution is 2.44. The number of hydrogen-bond donors (Lipinski definition) is 0. The van der Waals surface area contributed by atoms with Crippen molar-refractivity contribution in [1.82, 2.24) is 9.13 Å². The number of benzene rings is 11. The monoisotopic (exact) mass is 922 g/mol. The molecule has 13 aromatic rings. The summed E-state index contributed by atoms with van der Waals surface area (Å²) in [6.45, 7) is 4.40. The van der Waals surface area contributed by atoms with Crippen molar-refractivity contribution in [3.8, 4) is 33.6 Å². The summed E-state index contributed by atoms with van der Waals surface area (Å²) in [4.78, 5) is 4.63. The molecule has 11 aromatic carbocycles. The average Bonchev–Trinajstić information content (AvgIpc) is 3.92. The summed E-state index contributed by atoms with van der Waals surface area (Å²) in [7, 11) is 0. The maximum absolute atomic E-state index is 2.50. The number of rotatable bonds is 10. The van der Waals surface area contributed by atoms with Gasteiger partial charge in [-0.15, -0.1) is 0 Å². The van der Waals surface area contributed by atoms with Gasteiger partial charge in [0.15, 0.2) is 0 Å². The van der Waals surface area contributed by atoms with Gasteiger partial charge in [0.1, 0.15) is 0 Å². The molecule has 4 nitrogen and oxygen atoms in total. The number of hydrogen-bond acceptors (Lipinski definition) is 2. The van der Waals surface area contributed by atoms with Crippen LogP contribution in [0.1, 0.15) is 11.1 Å². The Labute approximate surface area is 420 Å². The third-order valence-electron chi connectivity index (χ3n) is 14.2. The minimum Gasteiger partial charge on any atom is -0.311 e. The first-order valence-electron chi connectivity index (χ1n) is 24.8.